The van der Waals surface area contributed by atoms with Gasteiger partial charge in [0.2, 0.25) is 5.91 Å². The van der Waals surface area contributed by atoms with Crippen molar-refractivity contribution in [2.75, 3.05) is 5.32 Å². The zero-order valence-corrected chi connectivity index (χ0v) is 14.1. The summed E-state index contributed by atoms with van der Waals surface area (Å²) >= 11 is 0. The Morgan fingerprint density at radius 3 is 2.15 bits per heavy atom. The van der Waals surface area contributed by atoms with Gasteiger partial charge in [-0.15, -0.1) is 0 Å². The molecule has 0 aliphatic rings. The Bertz CT molecular complexity index is 745. The molecule has 0 radical (unpaired) electrons. The standard InChI is InChI=1S/C19H19F2NO4/c1-12(18(24)25)10-13-2-6-15(7-3-13)22-17(23)11-14-4-8-16(9-5-14)26-19(20)21/h2-9,12,19H,10-11H2,1H3,(H,22,23)(H,24,25). The SMILES string of the molecule is CC(Cc1ccc(NC(=O)Cc2ccc(OC(F)F)cc2)cc1)C(=O)O. The molecule has 0 saturated heterocycles. The van der Waals surface area contributed by atoms with Gasteiger partial charge in [-0.3, -0.25) is 9.59 Å². The summed E-state index contributed by atoms with van der Waals surface area (Å²) in [6.45, 7) is -1.25. The topological polar surface area (TPSA) is 75.6 Å². The molecule has 0 aliphatic carbocycles. The van der Waals surface area contributed by atoms with Crippen LogP contribution in [0, 0.1) is 5.92 Å². The Hall–Kier alpha value is -2.96. The van der Waals surface area contributed by atoms with Gasteiger partial charge >= 0.3 is 12.6 Å². The molecule has 0 aliphatic heterocycles. The number of aliphatic carboxylic acids is 1. The van der Waals surface area contributed by atoms with E-state index in [0.717, 1.165) is 5.56 Å². The largest absolute Gasteiger partial charge is 0.481 e. The zero-order chi connectivity index (χ0) is 19.1. The third kappa shape index (κ3) is 6.16. The molecule has 0 bridgehead atoms. The number of carboxylic acids is 1. The monoisotopic (exact) mass is 363 g/mol. The first-order valence-corrected chi connectivity index (χ1v) is 7.99. The minimum absolute atomic E-state index is 0.0373. The van der Waals surface area contributed by atoms with E-state index in [1.54, 1.807) is 43.3 Å². The molecular weight excluding hydrogens is 344 g/mol. The molecule has 2 aromatic rings. The first-order chi connectivity index (χ1) is 12.3. The van der Waals surface area contributed by atoms with Crippen molar-refractivity contribution in [3.63, 3.8) is 0 Å². The van der Waals surface area contributed by atoms with E-state index in [2.05, 4.69) is 10.1 Å². The van der Waals surface area contributed by atoms with Gasteiger partial charge in [-0.25, -0.2) is 0 Å². The quantitative estimate of drug-likeness (QED) is 0.749. The second kappa shape index (κ2) is 8.94. The average Bonchev–Trinajstić information content (AvgIpc) is 2.57. The van der Waals surface area contributed by atoms with Crippen molar-refractivity contribution in [2.45, 2.75) is 26.4 Å². The summed E-state index contributed by atoms with van der Waals surface area (Å²) in [5.41, 5.74) is 2.13. The van der Waals surface area contributed by atoms with Crippen LogP contribution in [0.2, 0.25) is 0 Å². The third-order valence-corrected chi connectivity index (χ3v) is 3.71. The summed E-state index contributed by atoms with van der Waals surface area (Å²) in [7, 11) is 0. The van der Waals surface area contributed by atoms with E-state index in [9.17, 15) is 18.4 Å². The zero-order valence-electron chi connectivity index (χ0n) is 14.1. The van der Waals surface area contributed by atoms with Crippen LogP contribution in [-0.2, 0) is 22.4 Å². The first kappa shape index (κ1) is 19.4. The van der Waals surface area contributed by atoms with E-state index in [4.69, 9.17) is 5.11 Å². The lowest BCUT2D eigenvalue weighted by Gasteiger charge is -2.09. The fourth-order valence-electron chi connectivity index (χ4n) is 2.34. The summed E-state index contributed by atoms with van der Waals surface area (Å²) in [6, 6.07) is 12.8. The van der Waals surface area contributed by atoms with Crippen LogP contribution in [0.15, 0.2) is 48.5 Å². The van der Waals surface area contributed by atoms with Crippen LogP contribution in [-0.4, -0.2) is 23.6 Å². The highest BCUT2D eigenvalue weighted by Crippen LogP contribution is 2.17. The second-order valence-corrected chi connectivity index (χ2v) is 5.89. The molecule has 2 rings (SSSR count). The summed E-state index contributed by atoms with van der Waals surface area (Å²) in [6.07, 6.45) is 0.503. The van der Waals surface area contributed by atoms with Gasteiger partial charge in [-0.1, -0.05) is 31.2 Å². The van der Waals surface area contributed by atoms with Crippen LogP contribution in [0.1, 0.15) is 18.1 Å². The highest BCUT2D eigenvalue weighted by molar-refractivity contribution is 5.92. The fraction of sp³-hybridized carbons (Fsp3) is 0.263. The number of carbonyl (C=O) groups is 2. The summed E-state index contributed by atoms with van der Waals surface area (Å²) in [5, 5.41) is 11.6. The second-order valence-electron chi connectivity index (χ2n) is 5.89. The lowest BCUT2D eigenvalue weighted by Crippen LogP contribution is -2.15. The lowest BCUT2D eigenvalue weighted by atomic mass is 10.0. The molecule has 26 heavy (non-hydrogen) atoms. The maximum absolute atomic E-state index is 12.1. The molecule has 0 aromatic heterocycles. The van der Waals surface area contributed by atoms with Gasteiger partial charge in [0.25, 0.3) is 0 Å². The molecule has 0 heterocycles. The molecule has 2 N–H and O–H groups in total. The Balaban J connectivity index is 1.88. The number of rotatable bonds is 8. The van der Waals surface area contributed by atoms with Crippen LogP contribution in [0.5, 0.6) is 5.75 Å². The molecule has 5 nitrogen and oxygen atoms in total. The number of hydrogen-bond acceptors (Lipinski definition) is 3. The Morgan fingerprint density at radius 1 is 1.04 bits per heavy atom. The predicted molar refractivity (Wildman–Crippen MR) is 92.4 cm³/mol. The van der Waals surface area contributed by atoms with Gasteiger partial charge in [0.15, 0.2) is 0 Å². The van der Waals surface area contributed by atoms with Crippen molar-refractivity contribution in [1.82, 2.24) is 0 Å². The van der Waals surface area contributed by atoms with E-state index in [1.807, 2.05) is 0 Å². The molecule has 0 saturated carbocycles. The van der Waals surface area contributed by atoms with Crippen LogP contribution in [0.4, 0.5) is 14.5 Å². The number of ether oxygens (including phenoxy) is 1. The molecule has 138 valence electrons. The summed E-state index contributed by atoms with van der Waals surface area (Å²) in [4.78, 5) is 22.9. The van der Waals surface area contributed by atoms with E-state index in [0.29, 0.717) is 17.7 Å². The Morgan fingerprint density at radius 2 is 1.62 bits per heavy atom. The molecule has 1 amide bonds. The number of carboxylic acid groups (broad SMARTS) is 1. The molecule has 1 unspecified atom stereocenters. The predicted octanol–water partition coefficient (Wildman–Crippen LogP) is 3.73. The molecule has 0 fully saturated rings. The van der Waals surface area contributed by atoms with Crippen molar-refractivity contribution in [1.29, 1.82) is 0 Å². The van der Waals surface area contributed by atoms with Crippen molar-refractivity contribution < 1.29 is 28.2 Å². The normalized spacial score (nSPS) is 11.8. The van der Waals surface area contributed by atoms with Crippen LogP contribution < -0.4 is 10.1 Å². The number of nitrogens with one attached hydrogen (secondary N) is 1. The number of hydrogen-bond donors (Lipinski definition) is 2. The molecule has 0 spiro atoms. The highest BCUT2D eigenvalue weighted by Gasteiger charge is 2.12. The minimum Gasteiger partial charge on any atom is -0.481 e. The Kier molecular flexibility index (Phi) is 6.66. The van der Waals surface area contributed by atoms with Gasteiger partial charge in [0.05, 0.1) is 12.3 Å². The third-order valence-electron chi connectivity index (χ3n) is 3.71. The first-order valence-electron chi connectivity index (χ1n) is 7.99. The molecule has 1 atom stereocenters. The lowest BCUT2D eigenvalue weighted by molar-refractivity contribution is -0.141. The van der Waals surface area contributed by atoms with Crippen LogP contribution in [0.3, 0.4) is 0 Å². The van der Waals surface area contributed by atoms with E-state index < -0.39 is 18.5 Å². The van der Waals surface area contributed by atoms with Gasteiger partial charge < -0.3 is 15.2 Å². The summed E-state index contributed by atoms with van der Waals surface area (Å²) in [5.74, 6) is -1.55. The number of halogens is 2. The van der Waals surface area contributed by atoms with Gasteiger partial charge in [0.1, 0.15) is 5.75 Å². The minimum atomic E-state index is -2.88. The highest BCUT2D eigenvalue weighted by atomic mass is 19.3. The van der Waals surface area contributed by atoms with Crippen molar-refractivity contribution in [2.24, 2.45) is 5.92 Å². The molecular formula is C19H19F2NO4. The maximum Gasteiger partial charge on any atom is 0.387 e. The van der Waals surface area contributed by atoms with Gasteiger partial charge in [-0.2, -0.15) is 8.78 Å². The maximum atomic E-state index is 12.1. The van der Waals surface area contributed by atoms with Crippen molar-refractivity contribution in [3.8, 4) is 5.75 Å². The molecule has 7 heteroatoms. The average molecular weight is 363 g/mol. The van der Waals surface area contributed by atoms with Crippen LogP contribution in [0.25, 0.3) is 0 Å². The number of alkyl halides is 2. The van der Waals surface area contributed by atoms with E-state index in [1.165, 1.54) is 12.1 Å². The number of benzene rings is 2. The van der Waals surface area contributed by atoms with Crippen LogP contribution >= 0.6 is 0 Å². The van der Waals surface area contributed by atoms with Gasteiger partial charge in [0, 0.05) is 5.69 Å². The Labute approximate surface area is 149 Å². The number of anilines is 1. The van der Waals surface area contributed by atoms with E-state index >= 15 is 0 Å². The van der Waals surface area contributed by atoms with Crippen molar-refractivity contribution >= 4 is 17.6 Å². The summed E-state index contributed by atoms with van der Waals surface area (Å²) < 4.78 is 28.4. The molecule has 2 aromatic carbocycles. The smallest absolute Gasteiger partial charge is 0.387 e. The van der Waals surface area contributed by atoms with Gasteiger partial charge in [-0.05, 0) is 41.8 Å². The number of carbonyl (C=O) groups excluding carboxylic acids is 1. The number of amides is 1. The fourth-order valence-corrected chi connectivity index (χ4v) is 2.34. The van der Waals surface area contributed by atoms with E-state index in [-0.39, 0.29) is 18.1 Å². The van der Waals surface area contributed by atoms with Crippen molar-refractivity contribution in [3.05, 3.63) is 59.7 Å².